The molecule has 7 nitrogen and oxygen atoms in total. The van der Waals surface area contributed by atoms with Gasteiger partial charge in [0.25, 0.3) is 5.56 Å². The molecule has 31 heavy (non-hydrogen) atoms. The van der Waals surface area contributed by atoms with Crippen LogP contribution in [-0.2, 0) is 13.1 Å². The normalized spacial score (nSPS) is 13.4. The second-order valence-corrected chi connectivity index (χ2v) is 8.19. The van der Waals surface area contributed by atoms with Crippen molar-refractivity contribution >= 4 is 52.4 Å². The number of pyridine rings is 1. The van der Waals surface area contributed by atoms with Crippen molar-refractivity contribution in [3.63, 3.8) is 0 Å². The van der Waals surface area contributed by atoms with Gasteiger partial charge in [0.2, 0.25) is 0 Å². The number of hydrogen-bond donors (Lipinski definition) is 2. The summed E-state index contributed by atoms with van der Waals surface area (Å²) >= 11 is 12.4. The average Bonchev–Trinajstić information content (AvgIpc) is 3.27. The first-order valence-electron chi connectivity index (χ1n) is 10.4. The first-order chi connectivity index (χ1) is 14.5. The molecule has 0 atom stereocenters. The number of benzene rings is 1. The average molecular weight is 492 g/mol. The van der Waals surface area contributed by atoms with E-state index in [9.17, 15) is 9.59 Å². The number of urea groups is 1. The van der Waals surface area contributed by atoms with E-state index >= 15 is 0 Å². The largest absolute Gasteiger partial charge is 0.491 e. The molecule has 1 aromatic heterocycles. The molecule has 10 heteroatoms. The Morgan fingerprint density at radius 2 is 1.84 bits per heavy atom. The maximum Gasteiger partial charge on any atom is 0.317 e. The summed E-state index contributed by atoms with van der Waals surface area (Å²) in [5.41, 5.74) is 6.37. The van der Waals surface area contributed by atoms with Gasteiger partial charge in [0.15, 0.2) is 0 Å². The Kier molecular flexibility index (Phi) is 9.75. The molecule has 1 fully saturated rings. The lowest BCUT2D eigenvalue weighted by Crippen LogP contribution is -2.40. The highest BCUT2D eigenvalue weighted by molar-refractivity contribution is 6.42. The molecule has 0 bridgehead atoms. The van der Waals surface area contributed by atoms with Gasteiger partial charge in [0.1, 0.15) is 5.75 Å². The number of carbonyl (C=O) groups excluding carboxylic acids is 1. The number of aromatic nitrogens is 1. The minimum Gasteiger partial charge on any atom is -0.491 e. The van der Waals surface area contributed by atoms with Gasteiger partial charge in [-0.25, -0.2) is 4.79 Å². The number of likely N-dealkylation sites (tertiary alicyclic amines) is 1. The van der Waals surface area contributed by atoms with E-state index in [1.165, 1.54) is 0 Å². The predicted molar refractivity (Wildman–Crippen MR) is 128 cm³/mol. The number of nitrogens with zero attached hydrogens (tertiary/aromatic N) is 2. The minimum atomic E-state index is -0.234. The molecule has 3 rings (SSSR count). The summed E-state index contributed by atoms with van der Waals surface area (Å²) in [5.74, 6) is 0.546. The first kappa shape index (κ1) is 25.6. The molecular weight excluding hydrogens is 463 g/mol. The topological polar surface area (TPSA) is 89.6 Å². The van der Waals surface area contributed by atoms with Crippen LogP contribution in [0.2, 0.25) is 10.0 Å². The number of rotatable bonds is 8. The summed E-state index contributed by atoms with van der Waals surface area (Å²) in [6.45, 7) is 4.82. The summed E-state index contributed by atoms with van der Waals surface area (Å²) in [6, 6.07) is 3.11. The fraction of sp³-hybridized carbons (Fsp3) is 0.524. The maximum atomic E-state index is 13.2. The molecule has 1 aliphatic rings. The molecule has 1 aromatic carbocycles. The molecular formula is C21H29Cl3N4O3. The Hall–Kier alpha value is -1.67. The molecule has 0 spiro atoms. The first-order valence-corrected chi connectivity index (χ1v) is 11.1. The zero-order valence-corrected chi connectivity index (χ0v) is 19.9. The third-order valence-corrected chi connectivity index (χ3v) is 6.03. The molecule has 0 saturated carbocycles. The molecule has 172 valence electrons. The second kappa shape index (κ2) is 11.8. The van der Waals surface area contributed by atoms with Crippen LogP contribution >= 0.6 is 35.6 Å². The molecule has 1 aliphatic heterocycles. The summed E-state index contributed by atoms with van der Waals surface area (Å²) in [4.78, 5) is 27.3. The van der Waals surface area contributed by atoms with Crippen molar-refractivity contribution in [3.05, 3.63) is 38.2 Å². The van der Waals surface area contributed by atoms with Gasteiger partial charge in [-0.15, -0.1) is 12.4 Å². The number of carbonyl (C=O) groups is 1. The zero-order chi connectivity index (χ0) is 21.7. The van der Waals surface area contributed by atoms with Crippen LogP contribution in [0, 0.1) is 0 Å². The van der Waals surface area contributed by atoms with E-state index in [4.69, 9.17) is 33.7 Å². The number of unbranched alkanes of at least 4 members (excludes halogenated alkanes) is 1. The van der Waals surface area contributed by atoms with E-state index in [-0.39, 0.29) is 37.1 Å². The van der Waals surface area contributed by atoms with Gasteiger partial charge in [-0.2, -0.15) is 0 Å². The highest BCUT2D eigenvalue weighted by atomic mass is 35.5. The molecule has 1 saturated heterocycles. The van der Waals surface area contributed by atoms with E-state index in [0.717, 1.165) is 38.8 Å². The molecule has 2 heterocycles. The van der Waals surface area contributed by atoms with Crippen molar-refractivity contribution in [1.82, 2.24) is 14.8 Å². The highest BCUT2D eigenvalue weighted by Crippen LogP contribution is 2.34. The van der Waals surface area contributed by atoms with E-state index in [1.54, 1.807) is 21.6 Å². The number of amides is 2. The summed E-state index contributed by atoms with van der Waals surface area (Å²) in [7, 11) is 0. The van der Waals surface area contributed by atoms with Crippen LogP contribution in [0.15, 0.2) is 16.9 Å². The van der Waals surface area contributed by atoms with Crippen LogP contribution in [0.1, 0.15) is 38.3 Å². The molecule has 3 N–H and O–H groups in total. The lowest BCUT2D eigenvalue weighted by atomic mass is 10.1. The number of ether oxygens (including phenoxy) is 1. The smallest absolute Gasteiger partial charge is 0.317 e. The Morgan fingerprint density at radius 3 is 2.45 bits per heavy atom. The summed E-state index contributed by atoms with van der Waals surface area (Å²) in [5, 5.41) is 4.56. The van der Waals surface area contributed by atoms with Gasteiger partial charge in [-0.1, -0.05) is 36.5 Å². The van der Waals surface area contributed by atoms with Crippen LogP contribution < -0.4 is 21.3 Å². The van der Waals surface area contributed by atoms with Crippen LogP contribution in [-0.4, -0.2) is 41.7 Å². The zero-order valence-electron chi connectivity index (χ0n) is 17.6. The van der Waals surface area contributed by atoms with E-state index in [1.807, 2.05) is 0 Å². The SMILES string of the molecule is CCCCOc1c(CN)n(CCNC(=O)N2CCCC2)c(=O)c2cc(Cl)c(Cl)cc12.Cl. The molecule has 2 aromatic rings. The van der Waals surface area contributed by atoms with E-state index in [2.05, 4.69) is 12.2 Å². The number of hydrogen-bond acceptors (Lipinski definition) is 4. The summed E-state index contributed by atoms with van der Waals surface area (Å²) in [6.07, 6.45) is 3.90. The Bertz CT molecular complexity index is 975. The fourth-order valence-corrected chi connectivity index (χ4v) is 4.01. The molecule has 0 unspecified atom stereocenters. The molecule has 0 aliphatic carbocycles. The third-order valence-electron chi connectivity index (χ3n) is 5.31. The van der Waals surface area contributed by atoms with Crippen LogP contribution in [0.5, 0.6) is 5.75 Å². The molecule has 2 amide bonds. The lowest BCUT2D eigenvalue weighted by Gasteiger charge is -2.21. The number of fused-ring (bicyclic) bond motifs is 1. The Balaban J connectivity index is 0.00000341. The van der Waals surface area contributed by atoms with Crippen molar-refractivity contribution in [1.29, 1.82) is 0 Å². The monoisotopic (exact) mass is 490 g/mol. The standard InChI is InChI=1S/C21H28Cl2N4O3.ClH/c1-2-3-10-30-19-14-11-16(22)17(23)12-15(14)20(28)27(18(19)13-24)9-6-25-21(29)26-7-4-5-8-26;/h11-12H,2-10,13,24H2,1H3,(H,25,29);1H. The van der Waals surface area contributed by atoms with Gasteiger partial charge >= 0.3 is 6.03 Å². The van der Waals surface area contributed by atoms with Gasteiger partial charge in [0.05, 0.1) is 27.7 Å². The minimum absolute atomic E-state index is 0. The van der Waals surface area contributed by atoms with Crippen LogP contribution in [0.3, 0.4) is 0 Å². The number of nitrogens with one attached hydrogen (secondary N) is 1. The van der Waals surface area contributed by atoms with Gasteiger partial charge in [-0.3, -0.25) is 4.79 Å². The van der Waals surface area contributed by atoms with E-state index < -0.39 is 0 Å². The lowest BCUT2D eigenvalue weighted by molar-refractivity contribution is 0.208. The predicted octanol–water partition coefficient (Wildman–Crippen LogP) is 4.17. The van der Waals surface area contributed by atoms with Crippen molar-refractivity contribution in [3.8, 4) is 5.75 Å². The van der Waals surface area contributed by atoms with Gasteiger partial charge < -0.3 is 25.3 Å². The highest BCUT2D eigenvalue weighted by Gasteiger charge is 2.20. The van der Waals surface area contributed by atoms with Gasteiger partial charge in [-0.05, 0) is 31.4 Å². The van der Waals surface area contributed by atoms with E-state index in [0.29, 0.717) is 45.4 Å². The van der Waals surface area contributed by atoms with Crippen molar-refractivity contribution in [2.75, 3.05) is 26.2 Å². The van der Waals surface area contributed by atoms with Crippen molar-refractivity contribution in [2.24, 2.45) is 5.73 Å². The fourth-order valence-electron chi connectivity index (χ4n) is 3.68. The quantitative estimate of drug-likeness (QED) is 0.542. The Morgan fingerprint density at radius 1 is 1.19 bits per heavy atom. The maximum absolute atomic E-state index is 13.2. The van der Waals surface area contributed by atoms with Crippen molar-refractivity contribution in [2.45, 2.75) is 45.7 Å². The number of halogens is 3. The second-order valence-electron chi connectivity index (χ2n) is 7.38. The van der Waals surface area contributed by atoms with Crippen LogP contribution in [0.25, 0.3) is 10.8 Å². The summed E-state index contributed by atoms with van der Waals surface area (Å²) < 4.78 is 7.61. The Labute approximate surface area is 198 Å². The van der Waals surface area contributed by atoms with Gasteiger partial charge in [0, 0.05) is 38.1 Å². The molecule has 0 radical (unpaired) electrons. The van der Waals surface area contributed by atoms with Crippen molar-refractivity contribution < 1.29 is 9.53 Å². The van der Waals surface area contributed by atoms with Crippen LogP contribution in [0.4, 0.5) is 4.79 Å². The number of nitrogens with two attached hydrogens (primary N) is 1. The third kappa shape index (κ3) is 5.77.